The van der Waals surface area contributed by atoms with E-state index in [4.69, 9.17) is 14.2 Å². The van der Waals surface area contributed by atoms with Gasteiger partial charge in [-0.2, -0.15) is 0 Å². The Balaban J connectivity index is 2.22. The highest BCUT2D eigenvalue weighted by Crippen LogP contribution is 2.35. The smallest absolute Gasteiger partial charge is 0.330 e. The molecule has 0 fully saturated rings. The predicted molar refractivity (Wildman–Crippen MR) is 104 cm³/mol. The standard InChI is InChI=1S/C22H20O4/c1-24-18-9-6-16(7-10-18)22-15(8-13-21(23)26-3)4-5-17-14-19(25-2)11-12-20(17)22/h4-14H,1-3H3/b13-8+. The monoisotopic (exact) mass is 348 g/mol. The Morgan fingerprint density at radius 1 is 0.846 bits per heavy atom. The summed E-state index contributed by atoms with van der Waals surface area (Å²) in [5.41, 5.74) is 3.00. The van der Waals surface area contributed by atoms with Crippen LogP contribution in [0.2, 0.25) is 0 Å². The largest absolute Gasteiger partial charge is 0.497 e. The van der Waals surface area contributed by atoms with E-state index in [2.05, 4.69) is 0 Å². The number of benzene rings is 3. The highest BCUT2D eigenvalue weighted by atomic mass is 16.5. The van der Waals surface area contributed by atoms with Crippen molar-refractivity contribution < 1.29 is 19.0 Å². The number of carbonyl (C=O) groups is 1. The zero-order valence-corrected chi connectivity index (χ0v) is 15.0. The molecule has 0 amide bonds. The molecule has 3 rings (SSSR count). The maximum atomic E-state index is 11.5. The molecule has 0 atom stereocenters. The molecule has 0 aromatic heterocycles. The van der Waals surface area contributed by atoms with Gasteiger partial charge in [0.25, 0.3) is 0 Å². The average Bonchev–Trinajstić information content (AvgIpc) is 2.71. The fourth-order valence-electron chi connectivity index (χ4n) is 2.90. The fraction of sp³-hybridized carbons (Fsp3) is 0.136. The molecule has 132 valence electrons. The minimum Gasteiger partial charge on any atom is -0.497 e. The van der Waals surface area contributed by atoms with Gasteiger partial charge in [-0.25, -0.2) is 4.79 Å². The van der Waals surface area contributed by atoms with Crippen LogP contribution in [0.4, 0.5) is 0 Å². The molecule has 4 nitrogen and oxygen atoms in total. The Labute approximate surface area is 152 Å². The van der Waals surface area contributed by atoms with Gasteiger partial charge in [0.05, 0.1) is 21.3 Å². The van der Waals surface area contributed by atoms with E-state index in [0.717, 1.165) is 39.0 Å². The average molecular weight is 348 g/mol. The Kier molecular flexibility index (Phi) is 5.23. The summed E-state index contributed by atoms with van der Waals surface area (Å²) in [5.74, 6) is 1.21. The first kappa shape index (κ1) is 17.5. The number of hydrogen-bond acceptors (Lipinski definition) is 4. The minimum absolute atomic E-state index is 0.388. The van der Waals surface area contributed by atoms with Crippen LogP contribution in [0.15, 0.2) is 60.7 Å². The lowest BCUT2D eigenvalue weighted by Gasteiger charge is -2.13. The maximum absolute atomic E-state index is 11.5. The third-order valence-corrected chi connectivity index (χ3v) is 4.24. The summed E-state index contributed by atoms with van der Waals surface area (Å²) in [6, 6.07) is 17.8. The molecule has 0 bridgehead atoms. The van der Waals surface area contributed by atoms with Crippen LogP contribution in [0.25, 0.3) is 28.0 Å². The van der Waals surface area contributed by atoms with Crippen molar-refractivity contribution in [2.75, 3.05) is 21.3 Å². The number of ether oxygens (including phenoxy) is 3. The van der Waals surface area contributed by atoms with Gasteiger partial charge in [-0.05, 0) is 57.8 Å². The number of esters is 1. The van der Waals surface area contributed by atoms with E-state index in [1.807, 2.05) is 54.6 Å². The second-order valence-electron chi connectivity index (χ2n) is 5.70. The van der Waals surface area contributed by atoms with E-state index >= 15 is 0 Å². The Morgan fingerprint density at radius 2 is 1.54 bits per heavy atom. The fourth-order valence-corrected chi connectivity index (χ4v) is 2.90. The summed E-state index contributed by atoms with van der Waals surface area (Å²) in [6.45, 7) is 0. The quantitative estimate of drug-likeness (QED) is 0.495. The lowest BCUT2D eigenvalue weighted by atomic mass is 9.93. The second kappa shape index (κ2) is 7.74. The van der Waals surface area contributed by atoms with Crippen molar-refractivity contribution in [3.05, 3.63) is 66.2 Å². The Bertz CT molecular complexity index is 956. The van der Waals surface area contributed by atoms with Crippen LogP contribution in [-0.2, 0) is 9.53 Å². The van der Waals surface area contributed by atoms with Crippen LogP contribution in [0, 0.1) is 0 Å². The molecule has 26 heavy (non-hydrogen) atoms. The third kappa shape index (κ3) is 3.54. The first-order chi connectivity index (χ1) is 12.7. The molecule has 0 radical (unpaired) electrons. The van der Waals surface area contributed by atoms with Gasteiger partial charge in [0.15, 0.2) is 0 Å². The van der Waals surface area contributed by atoms with Crippen molar-refractivity contribution in [2.24, 2.45) is 0 Å². The summed E-state index contributed by atoms with van der Waals surface area (Å²) >= 11 is 0. The van der Waals surface area contributed by atoms with E-state index in [1.165, 1.54) is 13.2 Å². The number of fused-ring (bicyclic) bond motifs is 1. The van der Waals surface area contributed by atoms with Crippen molar-refractivity contribution in [3.63, 3.8) is 0 Å². The molecule has 0 saturated carbocycles. The van der Waals surface area contributed by atoms with Crippen LogP contribution < -0.4 is 9.47 Å². The first-order valence-corrected chi connectivity index (χ1v) is 8.17. The normalized spacial score (nSPS) is 10.9. The molecule has 0 aliphatic heterocycles. The van der Waals surface area contributed by atoms with Gasteiger partial charge in [-0.1, -0.05) is 30.3 Å². The molecular weight excluding hydrogens is 328 g/mol. The first-order valence-electron chi connectivity index (χ1n) is 8.17. The molecule has 0 heterocycles. The second-order valence-corrected chi connectivity index (χ2v) is 5.70. The van der Waals surface area contributed by atoms with Crippen LogP contribution >= 0.6 is 0 Å². The maximum Gasteiger partial charge on any atom is 0.330 e. The number of rotatable bonds is 5. The van der Waals surface area contributed by atoms with Gasteiger partial charge in [0.1, 0.15) is 11.5 Å². The summed E-state index contributed by atoms with van der Waals surface area (Å²) in [7, 11) is 4.66. The van der Waals surface area contributed by atoms with Crippen LogP contribution in [0.5, 0.6) is 11.5 Å². The zero-order chi connectivity index (χ0) is 18.5. The Morgan fingerprint density at radius 3 is 2.19 bits per heavy atom. The van der Waals surface area contributed by atoms with E-state index in [9.17, 15) is 4.79 Å². The van der Waals surface area contributed by atoms with Crippen molar-refractivity contribution in [3.8, 4) is 22.6 Å². The molecule has 0 aliphatic carbocycles. The molecule has 0 spiro atoms. The highest BCUT2D eigenvalue weighted by molar-refractivity contribution is 6.02. The van der Waals surface area contributed by atoms with Crippen molar-refractivity contribution in [2.45, 2.75) is 0 Å². The SMILES string of the molecule is COC(=O)/C=C/c1ccc2cc(OC)ccc2c1-c1ccc(OC)cc1. The number of methoxy groups -OCH3 is 3. The van der Waals surface area contributed by atoms with Crippen LogP contribution in [-0.4, -0.2) is 27.3 Å². The molecule has 3 aromatic carbocycles. The summed E-state index contributed by atoms with van der Waals surface area (Å²) < 4.78 is 15.3. The lowest BCUT2D eigenvalue weighted by molar-refractivity contribution is -0.134. The van der Waals surface area contributed by atoms with Crippen molar-refractivity contribution >= 4 is 22.8 Å². The molecule has 0 N–H and O–H groups in total. The van der Waals surface area contributed by atoms with Gasteiger partial charge in [0.2, 0.25) is 0 Å². The molecule has 0 saturated heterocycles. The minimum atomic E-state index is -0.388. The van der Waals surface area contributed by atoms with Crippen LogP contribution in [0.3, 0.4) is 0 Å². The van der Waals surface area contributed by atoms with Gasteiger partial charge in [0, 0.05) is 6.08 Å². The molecular formula is C22H20O4. The van der Waals surface area contributed by atoms with E-state index in [0.29, 0.717) is 0 Å². The van der Waals surface area contributed by atoms with Gasteiger partial charge < -0.3 is 14.2 Å². The predicted octanol–water partition coefficient (Wildman–Crippen LogP) is 4.71. The van der Waals surface area contributed by atoms with E-state index in [1.54, 1.807) is 20.3 Å². The summed E-state index contributed by atoms with van der Waals surface area (Å²) in [6.07, 6.45) is 3.20. The molecule has 3 aromatic rings. The summed E-state index contributed by atoms with van der Waals surface area (Å²) in [4.78, 5) is 11.5. The topological polar surface area (TPSA) is 44.8 Å². The number of carbonyl (C=O) groups excluding carboxylic acids is 1. The van der Waals surface area contributed by atoms with Crippen molar-refractivity contribution in [1.82, 2.24) is 0 Å². The van der Waals surface area contributed by atoms with E-state index in [-0.39, 0.29) is 5.97 Å². The van der Waals surface area contributed by atoms with Gasteiger partial charge in [-0.3, -0.25) is 0 Å². The third-order valence-electron chi connectivity index (χ3n) is 4.24. The molecule has 0 aliphatic rings. The molecule has 0 unspecified atom stereocenters. The highest BCUT2D eigenvalue weighted by Gasteiger charge is 2.10. The zero-order valence-electron chi connectivity index (χ0n) is 15.0. The van der Waals surface area contributed by atoms with Crippen LogP contribution in [0.1, 0.15) is 5.56 Å². The summed E-state index contributed by atoms with van der Waals surface area (Å²) in [5, 5.41) is 2.13. The van der Waals surface area contributed by atoms with Gasteiger partial charge >= 0.3 is 5.97 Å². The molecule has 4 heteroatoms. The van der Waals surface area contributed by atoms with Gasteiger partial charge in [-0.15, -0.1) is 0 Å². The van der Waals surface area contributed by atoms with Crippen molar-refractivity contribution in [1.29, 1.82) is 0 Å². The Hall–Kier alpha value is -3.27. The number of hydrogen-bond donors (Lipinski definition) is 0. The lowest BCUT2D eigenvalue weighted by Crippen LogP contribution is -1.94. The van der Waals surface area contributed by atoms with E-state index < -0.39 is 0 Å².